The molecule has 4 rings (SSSR count). The van der Waals surface area contributed by atoms with Crippen molar-refractivity contribution in [1.29, 1.82) is 0 Å². The first-order valence-electron chi connectivity index (χ1n) is 9.00. The molecule has 27 heavy (non-hydrogen) atoms. The summed E-state index contributed by atoms with van der Waals surface area (Å²) in [6.07, 6.45) is 5.54. The minimum Gasteiger partial charge on any atom is -0.367 e. The van der Waals surface area contributed by atoms with E-state index in [0.717, 1.165) is 40.9 Å². The zero-order valence-corrected chi connectivity index (χ0v) is 15.8. The van der Waals surface area contributed by atoms with Crippen molar-refractivity contribution in [2.75, 3.05) is 13.1 Å². The van der Waals surface area contributed by atoms with Gasteiger partial charge in [0.1, 0.15) is 11.9 Å². The molecule has 3 atom stereocenters. The van der Waals surface area contributed by atoms with E-state index in [-0.39, 0.29) is 18.0 Å². The van der Waals surface area contributed by atoms with Crippen LogP contribution in [-0.4, -0.2) is 36.9 Å². The maximum Gasteiger partial charge on any atom is 0.247 e. The summed E-state index contributed by atoms with van der Waals surface area (Å²) < 4.78 is 0. The molecule has 3 aliphatic rings. The summed E-state index contributed by atoms with van der Waals surface area (Å²) in [6, 6.07) is 7.74. The number of carbonyl (C=O) groups is 1. The molecule has 7 heteroatoms. The molecule has 6 nitrogen and oxygen atoms in total. The fraction of sp³-hybridized carbons (Fsp3) is 0.300. The van der Waals surface area contributed by atoms with Gasteiger partial charge < -0.3 is 21.7 Å². The Bertz CT molecular complexity index is 901. The predicted molar refractivity (Wildman–Crippen MR) is 107 cm³/mol. The number of carbonyl (C=O) groups excluding carboxylic acids is 1. The van der Waals surface area contributed by atoms with Crippen LogP contribution in [-0.2, 0) is 4.79 Å². The van der Waals surface area contributed by atoms with Crippen molar-refractivity contribution in [1.82, 2.24) is 16.0 Å². The van der Waals surface area contributed by atoms with Crippen LogP contribution < -0.4 is 21.7 Å². The van der Waals surface area contributed by atoms with Crippen molar-refractivity contribution < 1.29 is 4.79 Å². The van der Waals surface area contributed by atoms with Crippen LogP contribution >= 0.6 is 11.6 Å². The third-order valence-corrected chi connectivity index (χ3v) is 5.54. The molecule has 0 saturated carbocycles. The van der Waals surface area contributed by atoms with Crippen LogP contribution in [0.15, 0.2) is 64.5 Å². The van der Waals surface area contributed by atoms with E-state index in [1.165, 1.54) is 0 Å². The minimum atomic E-state index is -0.448. The largest absolute Gasteiger partial charge is 0.367 e. The molecule has 5 N–H and O–H groups in total. The first kappa shape index (κ1) is 17.8. The molecule has 0 radical (unpaired) electrons. The normalized spacial score (nSPS) is 26.8. The highest BCUT2D eigenvalue weighted by Crippen LogP contribution is 2.31. The first-order chi connectivity index (χ1) is 13.0. The topological polar surface area (TPSA) is 91.5 Å². The van der Waals surface area contributed by atoms with E-state index in [1.54, 1.807) is 6.08 Å². The van der Waals surface area contributed by atoms with Crippen molar-refractivity contribution in [3.8, 4) is 0 Å². The summed E-state index contributed by atoms with van der Waals surface area (Å²) in [6.45, 7) is 3.55. The van der Waals surface area contributed by atoms with Gasteiger partial charge in [-0.3, -0.25) is 9.79 Å². The van der Waals surface area contributed by atoms with E-state index in [0.29, 0.717) is 5.57 Å². The van der Waals surface area contributed by atoms with Crippen LogP contribution in [0.1, 0.15) is 18.4 Å². The number of fused-ring (bicyclic) bond motifs is 1. The SMILES string of the molecule is CC1=NC2C(C(N)=O)=CC=CC2=C(N[C@H]2CNC[C@@H]2c2ccccc2Cl)N1. The maximum atomic E-state index is 11.8. The van der Waals surface area contributed by atoms with E-state index in [9.17, 15) is 4.79 Å². The van der Waals surface area contributed by atoms with Gasteiger partial charge in [-0.05, 0) is 18.6 Å². The van der Waals surface area contributed by atoms with Gasteiger partial charge in [-0.2, -0.15) is 0 Å². The Balaban J connectivity index is 1.63. The Labute approximate surface area is 163 Å². The van der Waals surface area contributed by atoms with Gasteiger partial charge in [0, 0.05) is 41.2 Å². The highest BCUT2D eigenvalue weighted by molar-refractivity contribution is 6.31. The summed E-state index contributed by atoms with van der Waals surface area (Å²) in [4.78, 5) is 16.4. The summed E-state index contributed by atoms with van der Waals surface area (Å²) >= 11 is 6.43. The van der Waals surface area contributed by atoms with Crippen LogP contribution in [0.5, 0.6) is 0 Å². The molecule has 1 saturated heterocycles. The Morgan fingerprint density at radius 1 is 1.33 bits per heavy atom. The van der Waals surface area contributed by atoms with Crippen molar-refractivity contribution in [3.05, 3.63) is 70.0 Å². The molecule has 1 aromatic rings. The van der Waals surface area contributed by atoms with Crippen LogP contribution in [0, 0.1) is 0 Å². The number of amides is 1. The van der Waals surface area contributed by atoms with Gasteiger partial charge in [0.15, 0.2) is 0 Å². The molecule has 0 bridgehead atoms. The summed E-state index contributed by atoms with van der Waals surface area (Å²) in [5, 5.41) is 11.2. The fourth-order valence-electron chi connectivity index (χ4n) is 3.90. The molecular formula is C20H22ClN5O. The fourth-order valence-corrected chi connectivity index (χ4v) is 4.17. The standard InChI is InChI=1S/C20H22ClN5O/c1-11-24-18-13(19(22)27)6-4-7-14(18)20(25-11)26-17-10-23-9-15(17)12-5-2-3-8-16(12)21/h2-8,15,17-18,23,26H,9-10H2,1H3,(H2,22,27)(H,24,25)/t15-,17+,18?/m1/s1. The number of allylic oxidation sites excluding steroid dienone is 2. The van der Waals surface area contributed by atoms with Gasteiger partial charge in [-0.1, -0.05) is 48.0 Å². The molecule has 1 unspecified atom stereocenters. The van der Waals surface area contributed by atoms with E-state index in [1.807, 2.05) is 37.3 Å². The second-order valence-corrected chi connectivity index (χ2v) is 7.36. The molecule has 1 aromatic carbocycles. The Kier molecular flexibility index (Phi) is 4.76. The molecule has 2 aliphatic heterocycles. The van der Waals surface area contributed by atoms with Crippen molar-refractivity contribution in [2.45, 2.75) is 24.9 Å². The molecular weight excluding hydrogens is 362 g/mol. The number of halogens is 1. The zero-order chi connectivity index (χ0) is 19.0. The summed E-state index contributed by atoms with van der Waals surface area (Å²) in [5.74, 6) is 1.40. The molecule has 140 valence electrons. The number of benzene rings is 1. The van der Waals surface area contributed by atoms with Crippen molar-refractivity contribution >= 4 is 23.3 Å². The third kappa shape index (κ3) is 3.38. The van der Waals surface area contributed by atoms with Crippen LogP contribution in [0.4, 0.5) is 0 Å². The third-order valence-electron chi connectivity index (χ3n) is 5.19. The number of aliphatic imine (C=N–C) groups is 1. The average molecular weight is 384 g/mol. The molecule has 2 heterocycles. The second-order valence-electron chi connectivity index (χ2n) is 6.95. The minimum absolute atomic E-state index is 0.155. The average Bonchev–Trinajstić information content (AvgIpc) is 3.09. The highest BCUT2D eigenvalue weighted by atomic mass is 35.5. The van der Waals surface area contributed by atoms with E-state index < -0.39 is 5.91 Å². The number of nitrogens with zero attached hydrogens (tertiary/aromatic N) is 1. The number of hydrogen-bond acceptors (Lipinski definition) is 5. The summed E-state index contributed by atoms with van der Waals surface area (Å²) in [5.41, 5.74) is 8.09. The Morgan fingerprint density at radius 2 is 2.15 bits per heavy atom. The second kappa shape index (κ2) is 7.21. The van der Waals surface area contributed by atoms with Crippen LogP contribution in [0.2, 0.25) is 5.02 Å². The van der Waals surface area contributed by atoms with Crippen molar-refractivity contribution in [2.24, 2.45) is 10.7 Å². The van der Waals surface area contributed by atoms with E-state index in [4.69, 9.17) is 17.3 Å². The number of hydrogen-bond donors (Lipinski definition) is 4. The van der Waals surface area contributed by atoms with Gasteiger partial charge in [-0.15, -0.1) is 0 Å². The lowest BCUT2D eigenvalue weighted by atomic mass is 9.91. The molecule has 0 aromatic heterocycles. The lowest BCUT2D eigenvalue weighted by Crippen LogP contribution is -2.45. The van der Waals surface area contributed by atoms with Crippen LogP contribution in [0.25, 0.3) is 0 Å². The zero-order valence-electron chi connectivity index (χ0n) is 15.0. The molecule has 1 fully saturated rings. The Morgan fingerprint density at radius 3 is 2.93 bits per heavy atom. The molecule has 1 aliphatic carbocycles. The smallest absolute Gasteiger partial charge is 0.247 e. The molecule has 1 amide bonds. The Hall–Kier alpha value is -2.57. The van der Waals surface area contributed by atoms with Gasteiger partial charge in [0.05, 0.1) is 5.84 Å². The number of nitrogens with two attached hydrogens (primary N) is 1. The monoisotopic (exact) mass is 383 g/mol. The number of rotatable bonds is 4. The van der Waals surface area contributed by atoms with Crippen molar-refractivity contribution in [3.63, 3.8) is 0 Å². The lowest BCUT2D eigenvalue weighted by Gasteiger charge is -2.31. The quantitative estimate of drug-likeness (QED) is 0.635. The number of primary amides is 1. The maximum absolute atomic E-state index is 11.8. The van der Waals surface area contributed by atoms with Crippen LogP contribution in [0.3, 0.4) is 0 Å². The van der Waals surface area contributed by atoms with E-state index in [2.05, 4.69) is 27.0 Å². The number of nitrogens with one attached hydrogen (secondary N) is 3. The number of amidine groups is 1. The van der Waals surface area contributed by atoms with Gasteiger partial charge in [0.25, 0.3) is 0 Å². The first-order valence-corrected chi connectivity index (χ1v) is 9.37. The van der Waals surface area contributed by atoms with E-state index >= 15 is 0 Å². The predicted octanol–water partition coefficient (Wildman–Crippen LogP) is 1.57. The molecule has 0 spiro atoms. The van der Waals surface area contributed by atoms with Gasteiger partial charge >= 0.3 is 0 Å². The highest BCUT2D eigenvalue weighted by Gasteiger charge is 2.34. The lowest BCUT2D eigenvalue weighted by molar-refractivity contribution is -0.114. The van der Waals surface area contributed by atoms with Gasteiger partial charge in [-0.25, -0.2) is 0 Å². The van der Waals surface area contributed by atoms with Gasteiger partial charge in [0.2, 0.25) is 5.91 Å². The summed E-state index contributed by atoms with van der Waals surface area (Å²) in [7, 11) is 0.